The van der Waals surface area contributed by atoms with Crippen molar-refractivity contribution in [2.24, 2.45) is 15.8 Å². The predicted octanol–water partition coefficient (Wildman–Crippen LogP) is 3.07. The Kier molecular flexibility index (Phi) is 3.78. The number of fused-ring (bicyclic) bond motifs is 1. The molecule has 1 unspecified atom stereocenters. The summed E-state index contributed by atoms with van der Waals surface area (Å²) in [7, 11) is 0. The van der Waals surface area contributed by atoms with E-state index in [9.17, 15) is 5.11 Å². The fourth-order valence-electron chi connectivity index (χ4n) is 2.89. The van der Waals surface area contributed by atoms with Crippen LogP contribution in [0.3, 0.4) is 0 Å². The summed E-state index contributed by atoms with van der Waals surface area (Å²) in [5.41, 5.74) is 9.18. The summed E-state index contributed by atoms with van der Waals surface area (Å²) in [4.78, 5) is 4.53. The van der Waals surface area contributed by atoms with E-state index < -0.39 is 0 Å². The summed E-state index contributed by atoms with van der Waals surface area (Å²) in [6, 6.07) is 13.0. The molecule has 0 amide bonds. The molecule has 2 aromatic rings. The molecule has 0 aromatic heterocycles. The molecular weight excluding hydrogens is 361 g/mol. The molecule has 0 aliphatic carbocycles. The molecule has 6 nitrogen and oxygen atoms in total. The molecule has 0 radical (unpaired) electrons. The minimum absolute atomic E-state index is 0.153. The van der Waals surface area contributed by atoms with Gasteiger partial charge in [0.25, 0.3) is 0 Å². The number of nitrogens with one attached hydrogen (secondary N) is 1. The van der Waals surface area contributed by atoms with Crippen molar-refractivity contribution >= 4 is 46.8 Å². The van der Waals surface area contributed by atoms with Crippen LogP contribution in [0.25, 0.3) is 11.3 Å². The van der Waals surface area contributed by atoms with E-state index in [1.165, 1.54) is 0 Å². The molecular formula is C17H13Cl2N5O. The van der Waals surface area contributed by atoms with Gasteiger partial charge in [-0.2, -0.15) is 5.10 Å². The van der Waals surface area contributed by atoms with Gasteiger partial charge in [0, 0.05) is 11.1 Å². The molecule has 1 atom stereocenters. The summed E-state index contributed by atoms with van der Waals surface area (Å²) in [6.45, 7) is 0. The molecule has 126 valence electrons. The lowest BCUT2D eigenvalue weighted by Crippen LogP contribution is -2.46. The van der Waals surface area contributed by atoms with Crippen molar-refractivity contribution in [2.45, 2.75) is 6.17 Å². The largest absolute Gasteiger partial charge is 0.505 e. The van der Waals surface area contributed by atoms with Crippen LogP contribution < -0.4 is 11.1 Å². The van der Waals surface area contributed by atoms with Gasteiger partial charge in [-0.3, -0.25) is 0 Å². The Bertz CT molecular complexity index is 916. The van der Waals surface area contributed by atoms with Crippen LogP contribution in [0.2, 0.25) is 10.0 Å². The van der Waals surface area contributed by atoms with Gasteiger partial charge in [-0.15, -0.1) is 0 Å². The molecule has 4 rings (SSSR count). The maximum Gasteiger partial charge on any atom is 0.219 e. The first-order chi connectivity index (χ1) is 12.1. The number of hydrogen-bond acceptors (Lipinski definition) is 6. The molecule has 2 aromatic carbocycles. The maximum atomic E-state index is 9.86. The summed E-state index contributed by atoms with van der Waals surface area (Å²) in [6.07, 6.45) is 1.22. The topological polar surface area (TPSA) is 86.2 Å². The van der Waals surface area contributed by atoms with Crippen LogP contribution in [-0.4, -0.2) is 28.6 Å². The first kappa shape index (κ1) is 15.8. The van der Waals surface area contributed by atoms with E-state index in [4.69, 9.17) is 28.9 Å². The number of rotatable bonds is 2. The number of nitrogens with two attached hydrogens (primary N) is 1. The van der Waals surface area contributed by atoms with Gasteiger partial charge in [0.1, 0.15) is 6.34 Å². The second-order valence-electron chi connectivity index (χ2n) is 5.55. The van der Waals surface area contributed by atoms with Crippen LogP contribution in [0.5, 0.6) is 5.75 Å². The molecule has 4 N–H and O–H groups in total. The number of benzene rings is 2. The smallest absolute Gasteiger partial charge is 0.219 e. The molecule has 0 saturated carbocycles. The lowest BCUT2D eigenvalue weighted by atomic mass is 9.95. The molecule has 2 heterocycles. The number of hydrogen-bond donors (Lipinski definition) is 3. The number of phenols is 1. The number of phenolic OH excluding ortho intramolecular Hbond substituents is 1. The van der Waals surface area contributed by atoms with Gasteiger partial charge in [0.05, 0.1) is 15.7 Å². The molecule has 8 heteroatoms. The van der Waals surface area contributed by atoms with Crippen molar-refractivity contribution in [3.8, 4) is 5.75 Å². The Morgan fingerprint density at radius 1 is 1.08 bits per heavy atom. The molecule has 0 saturated heterocycles. The van der Waals surface area contributed by atoms with E-state index >= 15 is 0 Å². The summed E-state index contributed by atoms with van der Waals surface area (Å²) < 4.78 is 0. The average molecular weight is 374 g/mol. The van der Waals surface area contributed by atoms with Crippen LogP contribution in [-0.2, 0) is 0 Å². The Morgan fingerprint density at radius 3 is 2.44 bits per heavy atom. The third-order valence-corrected chi connectivity index (χ3v) is 4.60. The molecule has 25 heavy (non-hydrogen) atoms. The van der Waals surface area contributed by atoms with Crippen molar-refractivity contribution < 1.29 is 5.11 Å². The Hall–Kier alpha value is -2.70. The van der Waals surface area contributed by atoms with Crippen molar-refractivity contribution in [3.63, 3.8) is 0 Å². The molecule has 0 bridgehead atoms. The quantitative estimate of drug-likeness (QED) is 0.754. The highest BCUT2D eigenvalue weighted by atomic mass is 35.5. The van der Waals surface area contributed by atoms with E-state index in [1.54, 1.807) is 23.5 Å². The van der Waals surface area contributed by atoms with E-state index in [0.29, 0.717) is 5.70 Å². The van der Waals surface area contributed by atoms with Crippen molar-refractivity contribution in [2.75, 3.05) is 0 Å². The molecule has 2 aliphatic rings. The number of guanidine groups is 1. The van der Waals surface area contributed by atoms with Crippen LogP contribution >= 0.6 is 23.2 Å². The zero-order valence-corrected chi connectivity index (χ0v) is 14.3. The van der Waals surface area contributed by atoms with Crippen molar-refractivity contribution in [1.29, 1.82) is 0 Å². The molecule has 0 spiro atoms. The van der Waals surface area contributed by atoms with Crippen molar-refractivity contribution in [1.82, 2.24) is 10.3 Å². The number of aliphatic imine (C=N–C) groups is 1. The van der Waals surface area contributed by atoms with Gasteiger partial charge in [0.15, 0.2) is 11.9 Å². The summed E-state index contributed by atoms with van der Waals surface area (Å²) >= 11 is 12.2. The fourth-order valence-corrected chi connectivity index (χ4v) is 3.37. The normalized spacial score (nSPS) is 18.9. The first-order valence-electron chi connectivity index (χ1n) is 7.46. The van der Waals surface area contributed by atoms with E-state index in [2.05, 4.69) is 15.4 Å². The zero-order valence-electron chi connectivity index (χ0n) is 12.8. The maximum absolute atomic E-state index is 9.86. The van der Waals surface area contributed by atoms with Gasteiger partial charge in [-0.05, 0) is 17.7 Å². The number of nitrogens with zero attached hydrogens (tertiary/aromatic N) is 3. The van der Waals surface area contributed by atoms with Gasteiger partial charge in [0.2, 0.25) is 5.96 Å². The minimum atomic E-state index is -0.343. The SMILES string of the molecule is NC1=NC(c2ccccc2)=C(c2cc(Cl)c(O)c(Cl)c2)C2NC=NN12. The monoisotopic (exact) mass is 373 g/mol. The number of aromatic hydroxyl groups is 1. The third kappa shape index (κ3) is 2.59. The Labute approximate surface area is 153 Å². The number of halogens is 2. The average Bonchev–Trinajstić information content (AvgIpc) is 3.10. The minimum Gasteiger partial charge on any atom is -0.505 e. The Balaban J connectivity index is 1.98. The first-order valence-corrected chi connectivity index (χ1v) is 8.21. The standard InChI is InChI=1S/C17H13Cl2N5O/c18-11-6-10(7-12(19)15(11)25)13-14(9-4-2-1-3-5-9)23-17(20)24-16(13)21-8-22-24/h1-8,16,25H,(H2,20,23)(H,21,22). The van der Waals surface area contributed by atoms with E-state index in [1.807, 2.05) is 30.3 Å². The Morgan fingerprint density at radius 2 is 1.76 bits per heavy atom. The summed E-state index contributed by atoms with van der Waals surface area (Å²) in [5, 5.41) is 19.1. The van der Waals surface area contributed by atoms with Gasteiger partial charge in [-0.25, -0.2) is 10.0 Å². The highest BCUT2D eigenvalue weighted by molar-refractivity contribution is 6.37. The molecule has 0 fully saturated rings. The van der Waals surface area contributed by atoms with Crippen LogP contribution in [0.4, 0.5) is 0 Å². The second-order valence-corrected chi connectivity index (χ2v) is 6.36. The van der Waals surface area contributed by atoms with Crippen LogP contribution in [0.15, 0.2) is 52.6 Å². The molecule has 2 aliphatic heterocycles. The van der Waals surface area contributed by atoms with E-state index in [-0.39, 0.29) is 27.9 Å². The highest BCUT2D eigenvalue weighted by Gasteiger charge is 2.35. The van der Waals surface area contributed by atoms with Crippen LogP contribution in [0, 0.1) is 0 Å². The third-order valence-electron chi connectivity index (χ3n) is 4.02. The lowest BCUT2D eigenvalue weighted by molar-refractivity contribution is 0.397. The fraction of sp³-hybridized carbons (Fsp3) is 0.0588. The van der Waals surface area contributed by atoms with Gasteiger partial charge < -0.3 is 16.2 Å². The van der Waals surface area contributed by atoms with Crippen molar-refractivity contribution in [3.05, 3.63) is 63.6 Å². The zero-order chi connectivity index (χ0) is 17.6. The van der Waals surface area contributed by atoms with Gasteiger partial charge >= 0.3 is 0 Å². The highest BCUT2D eigenvalue weighted by Crippen LogP contribution is 2.40. The predicted molar refractivity (Wildman–Crippen MR) is 100 cm³/mol. The van der Waals surface area contributed by atoms with Crippen LogP contribution in [0.1, 0.15) is 11.1 Å². The number of hydrazone groups is 1. The second kappa shape index (κ2) is 5.98. The van der Waals surface area contributed by atoms with Gasteiger partial charge in [-0.1, -0.05) is 53.5 Å². The lowest BCUT2D eigenvalue weighted by Gasteiger charge is -2.31. The van der Waals surface area contributed by atoms with E-state index in [0.717, 1.165) is 16.7 Å². The summed E-state index contributed by atoms with van der Waals surface area (Å²) in [5.74, 6) is 0.130.